The minimum Gasteiger partial charge on any atom is -0.406 e. The highest BCUT2D eigenvalue weighted by Gasteiger charge is 2.31. The molecule has 2 aromatic carbocycles. The number of carbonyl (C=O) groups excluding carboxylic acids is 1. The number of alkyl halides is 3. The number of halogens is 3. The Labute approximate surface area is 211 Å². The van der Waals surface area contributed by atoms with Crippen molar-refractivity contribution in [2.75, 3.05) is 11.8 Å². The van der Waals surface area contributed by atoms with Crippen molar-refractivity contribution in [1.29, 1.82) is 0 Å². The molecule has 0 amide bonds. The Kier molecular flexibility index (Phi) is 7.82. The average molecular weight is 532 g/mol. The van der Waals surface area contributed by atoms with Gasteiger partial charge in [0.15, 0.2) is 0 Å². The number of ether oxygens (including phenoxy) is 1. The first-order chi connectivity index (χ1) is 17.3. The zero-order chi connectivity index (χ0) is 25.7. The highest BCUT2D eigenvalue weighted by molar-refractivity contribution is 7.86. The maximum atomic E-state index is 12.7. The van der Waals surface area contributed by atoms with Gasteiger partial charge in [0.1, 0.15) is 23.0 Å². The zero-order valence-corrected chi connectivity index (χ0v) is 20.5. The number of hydrogen-bond donors (Lipinski definition) is 2. The van der Waals surface area contributed by atoms with Gasteiger partial charge in [-0.15, -0.1) is 24.5 Å². The summed E-state index contributed by atoms with van der Waals surface area (Å²) < 4.78 is 56.8. The fourth-order valence-electron chi connectivity index (χ4n) is 3.45. The Hall–Kier alpha value is -3.54. The van der Waals surface area contributed by atoms with E-state index in [4.69, 9.17) is 0 Å². The molecule has 4 aromatic rings. The highest BCUT2D eigenvalue weighted by atomic mass is 32.2. The monoisotopic (exact) mass is 531 g/mol. The number of hydrogen-bond acceptors (Lipinski definition) is 6. The standard InChI is InChI=1S/C25H20F3N3O3S2/c1-29-12-18-9-16(5-6-17(18)15-32)23-7-8-24(35-23)19-10-20(14-30-13-19)31-36(33)22-4-2-3-21(11-22)34-25(26,27)28/h2-11,13-15,29,31H,12H2,1H3. The molecule has 0 aliphatic carbocycles. The molecule has 0 saturated carbocycles. The Morgan fingerprint density at radius 3 is 2.53 bits per heavy atom. The second-order valence-corrected chi connectivity index (χ2v) is 9.88. The zero-order valence-electron chi connectivity index (χ0n) is 18.8. The van der Waals surface area contributed by atoms with Crippen LogP contribution in [0.15, 0.2) is 78.0 Å². The molecule has 1 unspecified atom stereocenters. The molecule has 0 saturated heterocycles. The summed E-state index contributed by atoms with van der Waals surface area (Å²) in [5, 5.41) is 3.06. The van der Waals surface area contributed by atoms with E-state index in [-0.39, 0.29) is 4.90 Å². The first-order valence-electron chi connectivity index (χ1n) is 10.6. The van der Waals surface area contributed by atoms with Gasteiger partial charge in [0, 0.05) is 33.6 Å². The topological polar surface area (TPSA) is 80.3 Å². The SMILES string of the molecule is CNCc1cc(-c2ccc(-c3cncc(NS(=O)c4cccc(OC(F)(F)F)c4)c3)s2)ccc1C=O. The number of aldehydes is 1. The summed E-state index contributed by atoms with van der Waals surface area (Å²) >= 11 is 1.54. The van der Waals surface area contributed by atoms with Gasteiger partial charge in [-0.3, -0.25) is 14.5 Å². The molecule has 36 heavy (non-hydrogen) atoms. The molecule has 0 bridgehead atoms. The predicted molar refractivity (Wildman–Crippen MR) is 134 cm³/mol. The minimum absolute atomic E-state index is 0.122. The van der Waals surface area contributed by atoms with E-state index in [1.54, 1.807) is 18.3 Å². The summed E-state index contributed by atoms with van der Waals surface area (Å²) in [4.78, 5) is 17.5. The summed E-state index contributed by atoms with van der Waals surface area (Å²) in [6, 6.07) is 16.3. The summed E-state index contributed by atoms with van der Waals surface area (Å²) in [6.45, 7) is 0.570. The lowest BCUT2D eigenvalue weighted by molar-refractivity contribution is -0.274. The largest absolute Gasteiger partial charge is 0.573 e. The van der Waals surface area contributed by atoms with Crippen LogP contribution in [0, 0.1) is 0 Å². The van der Waals surface area contributed by atoms with Crippen molar-refractivity contribution < 1.29 is 26.9 Å². The molecule has 4 rings (SSSR count). The van der Waals surface area contributed by atoms with Crippen LogP contribution < -0.4 is 14.8 Å². The van der Waals surface area contributed by atoms with Crippen LogP contribution in [0.25, 0.3) is 20.9 Å². The maximum absolute atomic E-state index is 12.7. The summed E-state index contributed by atoms with van der Waals surface area (Å²) in [5.41, 5.74) is 3.74. The molecule has 11 heteroatoms. The van der Waals surface area contributed by atoms with Gasteiger partial charge in [-0.2, -0.15) is 0 Å². The fourth-order valence-corrected chi connectivity index (χ4v) is 5.30. The van der Waals surface area contributed by atoms with Crippen LogP contribution in [0.4, 0.5) is 18.9 Å². The lowest BCUT2D eigenvalue weighted by Crippen LogP contribution is -2.17. The van der Waals surface area contributed by atoms with E-state index in [2.05, 4.69) is 19.8 Å². The van der Waals surface area contributed by atoms with E-state index in [9.17, 15) is 22.2 Å². The van der Waals surface area contributed by atoms with E-state index < -0.39 is 23.1 Å². The van der Waals surface area contributed by atoms with Crippen LogP contribution in [-0.4, -0.2) is 28.9 Å². The number of pyridine rings is 1. The van der Waals surface area contributed by atoms with Crippen LogP contribution in [0.1, 0.15) is 15.9 Å². The van der Waals surface area contributed by atoms with Gasteiger partial charge in [0.05, 0.1) is 16.8 Å². The van der Waals surface area contributed by atoms with Gasteiger partial charge in [-0.1, -0.05) is 18.2 Å². The average Bonchev–Trinajstić information content (AvgIpc) is 3.34. The highest BCUT2D eigenvalue weighted by Crippen LogP contribution is 2.36. The number of aromatic nitrogens is 1. The lowest BCUT2D eigenvalue weighted by Gasteiger charge is -2.11. The van der Waals surface area contributed by atoms with Crippen molar-refractivity contribution in [3.05, 3.63) is 84.2 Å². The molecule has 0 aliphatic heterocycles. The van der Waals surface area contributed by atoms with Crippen LogP contribution in [-0.2, 0) is 17.5 Å². The van der Waals surface area contributed by atoms with Crippen molar-refractivity contribution in [3.63, 3.8) is 0 Å². The Bertz CT molecular complexity index is 1410. The summed E-state index contributed by atoms with van der Waals surface area (Å²) in [5.74, 6) is -0.452. The molecule has 1 atom stereocenters. The van der Waals surface area contributed by atoms with Gasteiger partial charge in [-0.25, -0.2) is 4.21 Å². The van der Waals surface area contributed by atoms with Crippen molar-refractivity contribution in [2.24, 2.45) is 0 Å². The maximum Gasteiger partial charge on any atom is 0.573 e. The first-order valence-corrected chi connectivity index (χ1v) is 12.5. The van der Waals surface area contributed by atoms with Crippen molar-refractivity contribution in [1.82, 2.24) is 10.3 Å². The number of rotatable bonds is 9. The third-order valence-electron chi connectivity index (χ3n) is 5.01. The molecule has 2 heterocycles. The van der Waals surface area contributed by atoms with Crippen molar-refractivity contribution in [3.8, 4) is 26.6 Å². The van der Waals surface area contributed by atoms with Gasteiger partial charge in [0.2, 0.25) is 0 Å². The second-order valence-electron chi connectivity index (χ2n) is 7.58. The van der Waals surface area contributed by atoms with Gasteiger partial charge < -0.3 is 10.1 Å². The second kappa shape index (κ2) is 11.0. The Morgan fingerprint density at radius 2 is 1.81 bits per heavy atom. The normalized spacial score (nSPS) is 12.2. The third kappa shape index (κ3) is 6.36. The number of anilines is 1. The van der Waals surface area contributed by atoms with E-state index >= 15 is 0 Å². The molecule has 0 aliphatic rings. The molecule has 0 spiro atoms. The number of benzene rings is 2. The minimum atomic E-state index is -4.84. The van der Waals surface area contributed by atoms with Crippen LogP contribution in [0.3, 0.4) is 0 Å². The molecular formula is C25H20F3N3O3S2. The summed E-state index contributed by atoms with van der Waals surface area (Å²) in [7, 11) is -0.0206. The molecule has 0 radical (unpaired) electrons. The molecular weight excluding hydrogens is 511 g/mol. The summed E-state index contributed by atoms with van der Waals surface area (Å²) in [6.07, 6.45) is -0.849. The van der Waals surface area contributed by atoms with Gasteiger partial charge >= 0.3 is 6.36 Å². The number of nitrogens with zero attached hydrogens (tertiary/aromatic N) is 1. The third-order valence-corrected chi connectivity index (χ3v) is 7.30. The Morgan fingerprint density at radius 1 is 1.03 bits per heavy atom. The predicted octanol–water partition coefficient (Wildman–Crippen LogP) is 6.04. The van der Waals surface area contributed by atoms with Crippen LogP contribution in [0.5, 0.6) is 5.75 Å². The number of carbonyl (C=O) groups is 1. The van der Waals surface area contributed by atoms with Crippen molar-refractivity contribution in [2.45, 2.75) is 17.8 Å². The van der Waals surface area contributed by atoms with Crippen LogP contribution in [0.2, 0.25) is 0 Å². The van der Waals surface area contributed by atoms with E-state index in [1.165, 1.54) is 29.7 Å². The quantitative estimate of drug-likeness (QED) is 0.257. The van der Waals surface area contributed by atoms with E-state index in [1.807, 2.05) is 31.3 Å². The molecule has 186 valence electrons. The van der Waals surface area contributed by atoms with E-state index in [0.717, 1.165) is 44.9 Å². The molecule has 2 N–H and O–H groups in total. The first kappa shape index (κ1) is 25.5. The smallest absolute Gasteiger partial charge is 0.406 e. The fraction of sp³-hybridized carbons (Fsp3) is 0.120. The number of thiophene rings is 1. The van der Waals surface area contributed by atoms with Gasteiger partial charge in [-0.05, 0) is 60.6 Å². The van der Waals surface area contributed by atoms with Crippen LogP contribution >= 0.6 is 11.3 Å². The van der Waals surface area contributed by atoms with Crippen molar-refractivity contribution >= 4 is 34.3 Å². The molecule has 2 aromatic heterocycles. The Balaban J connectivity index is 1.52. The number of nitrogens with one attached hydrogen (secondary N) is 2. The molecule has 0 fully saturated rings. The van der Waals surface area contributed by atoms with Gasteiger partial charge in [0.25, 0.3) is 0 Å². The van der Waals surface area contributed by atoms with E-state index in [0.29, 0.717) is 17.8 Å². The lowest BCUT2D eigenvalue weighted by atomic mass is 10.0. The molecule has 6 nitrogen and oxygen atoms in total.